The first-order valence-corrected chi connectivity index (χ1v) is 5.88. The first-order chi connectivity index (χ1) is 7.36. The lowest BCUT2D eigenvalue weighted by Gasteiger charge is -2.15. The number of aliphatic imine (C=N–C) groups is 1. The maximum absolute atomic E-state index is 5.84. The summed E-state index contributed by atoms with van der Waals surface area (Å²) >= 11 is 17.5. The van der Waals surface area contributed by atoms with Gasteiger partial charge in [-0.25, -0.2) is 4.99 Å². The van der Waals surface area contributed by atoms with Gasteiger partial charge in [-0.15, -0.1) is 0 Å². The average Bonchev–Trinajstić information content (AvgIpc) is 2.15. The predicted molar refractivity (Wildman–Crippen MR) is 72.4 cm³/mol. The molecule has 0 heterocycles. The zero-order chi connectivity index (χ0) is 12.3. The Morgan fingerprint density at radius 2 is 1.69 bits per heavy atom. The Morgan fingerprint density at radius 1 is 1.19 bits per heavy atom. The molecule has 88 valence electrons. The van der Waals surface area contributed by atoms with E-state index in [0.29, 0.717) is 5.56 Å². The van der Waals surface area contributed by atoms with Crippen LogP contribution in [0.15, 0.2) is 17.1 Å². The van der Waals surface area contributed by atoms with Crippen LogP contribution < -0.4 is 5.32 Å². The number of aryl methyl sites for hydroxylation is 2. The van der Waals surface area contributed by atoms with Gasteiger partial charge in [0.1, 0.15) is 0 Å². The summed E-state index contributed by atoms with van der Waals surface area (Å²) in [5, 5.41) is 2.85. The van der Waals surface area contributed by atoms with E-state index in [1.54, 1.807) is 13.4 Å². The van der Waals surface area contributed by atoms with Gasteiger partial charge in [0.2, 0.25) is 3.79 Å². The first-order valence-electron chi connectivity index (χ1n) is 4.74. The number of rotatable bonds is 2. The van der Waals surface area contributed by atoms with Crippen LogP contribution in [0.1, 0.15) is 16.7 Å². The molecule has 0 atom stereocenters. The van der Waals surface area contributed by atoms with Crippen molar-refractivity contribution in [3.63, 3.8) is 0 Å². The van der Waals surface area contributed by atoms with Gasteiger partial charge in [-0.1, -0.05) is 34.8 Å². The van der Waals surface area contributed by atoms with Crippen LogP contribution in [0.4, 0.5) is 5.69 Å². The highest BCUT2D eigenvalue weighted by molar-refractivity contribution is 6.66. The normalized spacial score (nSPS) is 12.1. The fourth-order valence-electron chi connectivity index (χ4n) is 1.45. The van der Waals surface area contributed by atoms with Crippen LogP contribution in [0, 0.1) is 13.8 Å². The second-order valence-electron chi connectivity index (χ2n) is 3.50. The second-order valence-corrected chi connectivity index (χ2v) is 5.78. The van der Waals surface area contributed by atoms with Crippen LogP contribution >= 0.6 is 34.8 Å². The van der Waals surface area contributed by atoms with Gasteiger partial charge in [0.25, 0.3) is 0 Å². The summed E-state index contributed by atoms with van der Waals surface area (Å²) in [5.74, 6) is 0. The third-order valence-electron chi connectivity index (χ3n) is 2.14. The van der Waals surface area contributed by atoms with Crippen molar-refractivity contribution in [2.45, 2.75) is 17.6 Å². The molecule has 0 aromatic heterocycles. The molecule has 1 aromatic rings. The van der Waals surface area contributed by atoms with E-state index >= 15 is 0 Å². The number of alkyl halides is 3. The number of hydrogen-bond acceptors (Lipinski definition) is 1. The van der Waals surface area contributed by atoms with Crippen molar-refractivity contribution in [1.29, 1.82) is 0 Å². The Hall–Kier alpha value is -0.440. The maximum atomic E-state index is 5.84. The van der Waals surface area contributed by atoms with Crippen LogP contribution in [0.2, 0.25) is 0 Å². The molecule has 1 rings (SSSR count). The van der Waals surface area contributed by atoms with E-state index in [0.717, 1.165) is 16.8 Å². The lowest BCUT2D eigenvalue weighted by molar-refractivity contribution is 1.17. The van der Waals surface area contributed by atoms with Crippen LogP contribution in [-0.2, 0) is 3.79 Å². The fourth-order valence-corrected chi connectivity index (χ4v) is 1.78. The van der Waals surface area contributed by atoms with Gasteiger partial charge < -0.3 is 5.32 Å². The number of hydrogen-bond donors (Lipinski definition) is 1. The van der Waals surface area contributed by atoms with Crippen LogP contribution in [0.25, 0.3) is 0 Å². The van der Waals surface area contributed by atoms with Gasteiger partial charge in [-0.05, 0) is 37.1 Å². The van der Waals surface area contributed by atoms with Crippen molar-refractivity contribution < 1.29 is 0 Å². The fraction of sp³-hybridized carbons (Fsp3) is 0.364. The molecule has 0 spiro atoms. The van der Waals surface area contributed by atoms with Gasteiger partial charge in [0, 0.05) is 12.6 Å². The van der Waals surface area contributed by atoms with Crippen molar-refractivity contribution in [1.82, 2.24) is 5.32 Å². The minimum atomic E-state index is -1.39. The minimum absolute atomic E-state index is 0.663. The van der Waals surface area contributed by atoms with Crippen molar-refractivity contribution in [3.8, 4) is 0 Å². The van der Waals surface area contributed by atoms with E-state index < -0.39 is 3.79 Å². The Kier molecular flexibility index (Phi) is 4.48. The van der Waals surface area contributed by atoms with Crippen LogP contribution in [0.3, 0.4) is 0 Å². The molecule has 0 saturated heterocycles. The molecule has 0 fully saturated rings. The second kappa shape index (κ2) is 5.26. The topological polar surface area (TPSA) is 24.4 Å². The molecule has 5 heteroatoms. The zero-order valence-electron chi connectivity index (χ0n) is 9.31. The zero-order valence-corrected chi connectivity index (χ0v) is 11.6. The maximum Gasteiger partial charge on any atom is 0.216 e. The summed E-state index contributed by atoms with van der Waals surface area (Å²) in [6, 6.07) is 3.67. The predicted octanol–water partition coefficient (Wildman–Crippen LogP) is 4.01. The molecule has 0 saturated carbocycles. The summed E-state index contributed by atoms with van der Waals surface area (Å²) in [4.78, 5) is 4.28. The summed E-state index contributed by atoms with van der Waals surface area (Å²) in [6.45, 7) is 3.88. The molecule has 0 amide bonds. The minimum Gasteiger partial charge on any atom is -0.379 e. The number of nitrogens with one attached hydrogen (secondary N) is 1. The van der Waals surface area contributed by atoms with Gasteiger partial charge >= 0.3 is 0 Å². The average molecular weight is 280 g/mol. The molecule has 0 unspecified atom stereocenters. The standard InChI is InChI=1S/C11H13Cl3N2/c1-7-4-9(11(12,13)14)5-8(2)10(7)16-6-15-3/h4-6H,1-3H3,(H,15,16). The molecular formula is C11H13Cl3N2. The molecule has 1 aromatic carbocycles. The monoisotopic (exact) mass is 278 g/mol. The molecule has 2 nitrogen and oxygen atoms in total. The smallest absolute Gasteiger partial charge is 0.216 e. The Morgan fingerprint density at radius 3 is 2.06 bits per heavy atom. The number of nitrogens with zero attached hydrogens (tertiary/aromatic N) is 1. The summed E-state index contributed by atoms with van der Waals surface area (Å²) in [5.41, 5.74) is 3.52. The quantitative estimate of drug-likeness (QED) is 0.494. The van der Waals surface area contributed by atoms with Gasteiger partial charge in [-0.2, -0.15) is 0 Å². The van der Waals surface area contributed by atoms with Crippen molar-refractivity contribution in [2.24, 2.45) is 4.99 Å². The molecule has 0 bridgehead atoms. The highest BCUT2D eigenvalue weighted by Crippen LogP contribution is 2.40. The van der Waals surface area contributed by atoms with E-state index in [4.69, 9.17) is 34.8 Å². The number of benzene rings is 1. The Balaban J connectivity index is 3.23. The van der Waals surface area contributed by atoms with Gasteiger partial charge in [0.15, 0.2) is 0 Å². The molecule has 0 aliphatic rings. The summed E-state index contributed by atoms with van der Waals surface area (Å²) in [6.07, 6.45) is 1.63. The highest BCUT2D eigenvalue weighted by Gasteiger charge is 2.23. The van der Waals surface area contributed by atoms with E-state index in [9.17, 15) is 0 Å². The lowest BCUT2D eigenvalue weighted by Crippen LogP contribution is -2.03. The SMILES string of the molecule is CNC=Nc1c(C)cc(C(Cl)(Cl)Cl)cc1C. The largest absolute Gasteiger partial charge is 0.379 e. The first kappa shape index (κ1) is 13.6. The van der Waals surface area contributed by atoms with Gasteiger partial charge in [0.05, 0.1) is 12.0 Å². The van der Waals surface area contributed by atoms with E-state index in [2.05, 4.69) is 10.3 Å². The third-order valence-corrected chi connectivity index (χ3v) is 2.80. The van der Waals surface area contributed by atoms with E-state index in [-0.39, 0.29) is 0 Å². The van der Waals surface area contributed by atoms with Crippen LogP contribution in [-0.4, -0.2) is 13.4 Å². The highest BCUT2D eigenvalue weighted by atomic mass is 35.6. The molecule has 1 N–H and O–H groups in total. The molecule has 0 radical (unpaired) electrons. The van der Waals surface area contributed by atoms with Crippen molar-refractivity contribution >= 4 is 46.8 Å². The molecule has 0 aliphatic heterocycles. The Bertz CT molecular complexity index is 385. The van der Waals surface area contributed by atoms with Gasteiger partial charge in [-0.3, -0.25) is 0 Å². The van der Waals surface area contributed by atoms with E-state index in [1.165, 1.54) is 0 Å². The summed E-state index contributed by atoms with van der Waals surface area (Å²) in [7, 11) is 1.80. The van der Waals surface area contributed by atoms with Crippen molar-refractivity contribution in [3.05, 3.63) is 28.8 Å². The lowest BCUT2D eigenvalue weighted by atomic mass is 10.1. The number of halogens is 3. The van der Waals surface area contributed by atoms with Crippen LogP contribution in [0.5, 0.6) is 0 Å². The van der Waals surface area contributed by atoms with Crippen molar-refractivity contribution in [2.75, 3.05) is 7.05 Å². The molecule has 16 heavy (non-hydrogen) atoms. The third kappa shape index (κ3) is 3.27. The molecule has 0 aliphatic carbocycles. The Labute approximate surface area is 111 Å². The summed E-state index contributed by atoms with van der Waals surface area (Å²) < 4.78 is -1.39. The van der Waals surface area contributed by atoms with E-state index in [1.807, 2.05) is 26.0 Å². The molecular weight excluding hydrogens is 266 g/mol.